The van der Waals surface area contributed by atoms with Gasteiger partial charge in [-0.15, -0.1) is 0 Å². The summed E-state index contributed by atoms with van der Waals surface area (Å²) in [6, 6.07) is 1.61. The number of pyridine rings is 1. The fraction of sp³-hybridized carbons (Fsp3) is 0.364. The zero-order valence-electron chi connectivity index (χ0n) is 10.6. The van der Waals surface area contributed by atoms with Gasteiger partial charge in [0.15, 0.2) is 0 Å². The lowest BCUT2D eigenvalue weighted by Crippen LogP contribution is -2.62. The number of hydrogen-bond donors (Lipinski definition) is 3. The molecule has 0 spiro atoms. The van der Waals surface area contributed by atoms with Crippen LogP contribution in [0.2, 0.25) is 0 Å². The quantitative estimate of drug-likeness (QED) is 0.793. The topological polar surface area (TPSA) is 91.3 Å². The van der Waals surface area contributed by atoms with E-state index >= 15 is 0 Å². The van der Waals surface area contributed by atoms with E-state index < -0.39 is 23.7 Å². The van der Waals surface area contributed by atoms with Crippen LogP contribution in [0.5, 0.6) is 0 Å². The van der Waals surface area contributed by atoms with Crippen LogP contribution in [-0.4, -0.2) is 33.8 Å². The van der Waals surface area contributed by atoms with E-state index in [1.807, 2.05) is 0 Å². The summed E-state index contributed by atoms with van der Waals surface area (Å²) in [5.41, 5.74) is -2.82. The van der Waals surface area contributed by atoms with Crippen molar-refractivity contribution in [1.82, 2.24) is 10.3 Å². The van der Waals surface area contributed by atoms with Crippen LogP contribution in [0, 0.1) is 6.92 Å². The van der Waals surface area contributed by atoms with E-state index in [2.05, 4.69) is 10.3 Å². The van der Waals surface area contributed by atoms with Crippen LogP contribution >= 0.6 is 0 Å². The molecular formula is C11H12F3N3O3. The number of aryl methyl sites for hydroxylation is 1. The van der Waals surface area contributed by atoms with Gasteiger partial charge in [-0.05, 0) is 26.0 Å². The van der Waals surface area contributed by atoms with Crippen LogP contribution < -0.4 is 10.6 Å². The minimum Gasteiger partial charge on any atom is -0.479 e. The number of amides is 2. The maximum absolute atomic E-state index is 12.7. The third kappa shape index (κ3) is 3.16. The molecule has 0 fully saturated rings. The number of carbonyl (C=O) groups excluding carboxylic acids is 1. The number of aromatic nitrogens is 1. The maximum atomic E-state index is 12.7. The largest absolute Gasteiger partial charge is 0.479 e. The van der Waals surface area contributed by atoms with Gasteiger partial charge in [-0.25, -0.2) is 9.59 Å². The molecule has 3 N–H and O–H groups in total. The molecular weight excluding hydrogens is 279 g/mol. The molecule has 1 aromatic rings. The van der Waals surface area contributed by atoms with Gasteiger partial charge in [0, 0.05) is 6.20 Å². The van der Waals surface area contributed by atoms with Gasteiger partial charge in [-0.2, -0.15) is 13.2 Å². The number of carbonyl (C=O) groups is 2. The van der Waals surface area contributed by atoms with Crippen molar-refractivity contribution in [3.63, 3.8) is 0 Å². The molecule has 1 unspecified atom stereocenters. The zero-order valence-corrected chi connectivity index (χ0v) is 10.6. The van der Waals surface area contributed by atoms with Crippen molar-refractivity contribution >= 4 is 17.7 Å². The summed E-state index contributed by atoms with van der Waals surface area (Å²) in [6.45, 7) is 1.90. The van der Waals surface area contributed by atoms with Crippen molar-refractivity contribution in [1.29, 1.82) is 0 Å². The molecule has 0 aromatic carbocycles. The van der Waals surface area contributed by atoms with Gasteiger partial charge >= 0.3 is 18.2 Å². The second-order valence-corrected chi connectivity index (χ2v) is 4.14. The molecule has 0 aliphatic heterocycles. The number of nitrogens with one attached hydrogen (secondary N) is 2. The Kier molecular flexibility index (Phi) is 4.21. The third-order valence-electron chi connectivity index (χ3n) is 2.61. The van der Waals surface area contributed by atoms with Crippen LogP contribution in [0.3, 0.4) is 0 Å². The van der Waals surface area contributed by atoms with Gasteiger partial charge in [-0.1, -0.05) is 0 Å². The molecule has 0 aliphatic rings. The second-order valence-electron chi connectivity index (χ2n) is 4.14. The fourth-order valence-electron chi connectivity index (χ4n) is 1.24. The molecule has 6 nitrogen and oxygen atoms in total. The Morgan fingerprint density at radius 3 is 2.40 bits per heavy atom. The Morgan fingerprint density at radius 2 is 1.95 bits per heavy atom. The van der Waals surface area contributed by atoms with Crippen LogP contribution in [0.4, 0.5) is 23.7 Å². The summed E-state index contributed by atoms with van der Waals surface area (Å²) in [6.07, 6.45) is -3.70. The van der Waals surface area contributed by atoms with Gasteiger partial charge in [0.25, 0.3) is 0 Å². The summed E-state index contributed by atoms with van der Waals surface area (Å²) in [5, 5.41) is 12.2. The number of nitrogens with zero attached hydrogens (tertiary/aromatic N) is 1. The van der Waals surface area contributed by atoms with E-state index in [1.165, 1.54) is 30.6 Å². The molecule has 0 radical (unpaired) electrons. The number of halogens is 3. The van der Waals surface area contributed by atoms with Crippen molar-refractivity contribution in [2.45, 2.75) is 25.6 Å². The SMILES string of the molecule is Cc1ncccc1NC(=O)NC(C)(C(=O)O)C(F)(F)F. The summed E-state index contributed by atoms with van der Waals surface area (Å²) in [4.78, 5) is 26.1. The average molecular weight is 291 g/mol. The highest BCUT2D eigenvalue weighted by molar-refractivity contribution is 5.94. The number of carboxylic acids is 1. The highest BCUT2D eigenvalue weighted by atomic mass is 19.4. The first-order valence-electron chi connectivity index (χ1n) is 5.39. The Hall–Kier alpha value is -2.32. The minimum absolute atomic E-state index is 0.180. The first-order valence-corrected chi connectivity index (χ1v) is 5.39. The Labute approximate surface area is 112 Å². The van der Waals surface area contributed by atoms with Crippen LogP contribution in [0.1, 0.15) is 12.6 Å². The number of hydrogen-bond acceptors (Lipinski definition) is 3. The predicted octanol–water partition coefficient (Wildman–Crippen LogP) is 1.92. The number of aliphatic carboxylic acids is 1. The summed E-state index contributed by atoms with van der Waals surface area (Å²) < 4.78 is 38.1. The molecule has 1 aromatic heterocycles. The third-order valence-corrected chi connectivity index (χ3v) is 2.61. The van der Waals surface area contributed by atoms with Crippen molar-refractivity contribution in [3.8, 4) is 0 Å². The summed E-state index contributed by atoms with van der Waals surface area (Å²) in [5.74, 6) is -2.21. The molecule has 0 aliphatic carbocycles. The second kappa shape index (κ2) is 5.35. The highest BCUT2D eigenvalue weighted by Gasteiger charge is 2.58. The average Bonchev–Trinajstić information content (AvgIpc) is 2.30. The summed E-state index contributed by atoms with van der Waals surface area (Å²) in [7, 11) is 0. The first kappa shape index (κ1) is 15.7. The molecule has 0 saturated heterocycles. The Bertz CT molecular complexity index is 533. The van der Waals surface area contributed by atoms with Gasteiger partial charge in [0.2, 0.25) is 5.54 Å². The number of carboxylic acid groups (broad SMARTS) is 1. The van der Waals surface area contributed by atoms with Gasteiger partial charge in [-0.3, -0.25) is 4.98 Å². The lowest BCUT2D eigenvalue weighted by molar-refractivity contribution is -0.203. The highest BCUT2D eigenvalue weighted by Crippen LogP contribution is 2.30. The number of urea groups is 1. The van der Waals surface area contributed by atoms with E-state index in [9.17, 15) is 22.8 Å². The predicted molar refractivity (Wildman–Crippen MR) is 63.2 cm³/mol. The molecule has 2 amide bonds. The van der Waals surface area contributed by atoms with Gasteiger partial charge in [0.05, 0.1) is 11.4 Å². The molecule has 110 valence electrons. The normalized spacial score (nSPS) is 14.2. The van der Waals surface area contributed by atoms with Gasteiger partial charge in [0.1, 0.15) is 0 Å². The smallest absolute Gasteiger partial charge is 0.422 e. The van der Waals surface area contributed by atoms with Crippen molar-refractivity contribution in [3.05, 3.63) is 24.0 Å². The zero-order chi connectivity index (χ0) is 15.6. The van der Waals surface area contributed by atoms with E-state index in [0.717, 1.165) is 0 Å². The van der Waals surface area contributed by atoms with E-state index in [-0.39, 0.29) is 5.69 Å². The van der Waals surface area contributed by atoms with Gasteiger partial charge < -0.3 is 15.7 Å². The van der Waals surface area contributed by atoms with Crippen molar-refractivity contribution in [2.75, 3.05) is 5.32 Å². The molecule has 1 heterocycles. The fourth-order valence-corrected chi connectivity index (χ4v) is 1.24. The molecule has 9 heteroatoms. The van der Waals surface area contributed by atoms with Crippen LogP contribution in [0.15, 0.2) is 18.3 Å². The van der Waals surface area contributed by atoms with Crippen LogP contribution in [-0.2, 0) is 4.79 Å². The molecule has 0 saturated carbocycles. The lowest BCUT2D eigenvalue weighted by Gasteiger charge is -2.28. The molecule has 1 atom stereocenters. The maximum Gasteiger partial charge on any atom is 0.422 e. The molecule has 1 rings (SSSR count). The van der Waals surface area contributed by atoms with Crippen molar-refractivity contribution < 1.29 is 27.9 Å². The minimum atomic E-state index is -5.14. The van der Waals surface area contributed by atoms with Crippen molar-refractivity contribution in [2.24, 2.45) is 0 Å². The standard InChI is InChI=1S/C11H12F3N3O3/c1-6-7(4-3-5-15-6)16-9(20)17-10(2,8(18)19)11(12,13)14/h3-5H,1-2H3,(H,18,19)(H2,16,17,20). The van der Waals surface area contributed by atoms with E-state index in [4.69, 9.17) is 5.11 Å². The lowest BCUT2D eigenvalue weighted by atomic mass is 10.0. The van der Waals surface area contributed by atoms with Crippen LogP contribution in [0.25, 0.3) is 0 Å². The molecule has 0 bridgehead atoms. The summed E-state index contributed by atoms with van der Waals surface area (Å²) >= 11 is 0. The Morgan fingerprint density at radius 1 is 1.35 bits per heavy atom. The number of rotatable bonds is 3. The Balaban J connectivity index is 2.89. The number of anilines is 1. The van der Waals surface area contributed by atoms with E-state index in [0.29, 0.717) is 12.6 Å². The first-order chi connectivity index (χ1) is 9.08. The monoisotopic (exact) mass is 291 g/mol. The van der Waals surface area contributed by atoms with E-state index in [1.54, 1.807) is 0 Å². The molecule has 20 heavy (non-hydrogen) atoms. The number of alkyl halides is 3.